The van der Waals surface area contributed by atoms with Crippen molar-refractivity contribution < 1.29 is 5.11 Å². The molecule has 1 aliphatic carbocycles. The van der Waals surface area contributed by atoms with Crippen LogP contribution in [0.25, 0.3) is 12.2 Å². The van der Waals surface area contributed by atoms with E-state index in [1.54, 1.807) is 0 Å². The fourth-order valence-electron chi connectivity index (χ4n) is 1.87. The topological polar surface area (TPSA) is 20.2 Å². The molecule has 1 unspecified atom stereocenters. The van der Waals surface area contributed by atoms with Crippen LogP contribution in [-0.4, -0.2) is 5.11 Å². The Balaban J connectivity index is 2.64. The zero-order valence-corrected chi connectivity index (χ0v) is 9.03. The second-order valence-electron chi connectivity index (χ2n) is 4.14. The molecule has 0 fully saturated rings. The van der Waals surface area contributed by atoms with Gasteiger partial charge in [0.15, 0.2) is 0 Å². The number of aliphatic hydroxyl groups excluding tert-OH is 1. The van der Waals surface area contributed by atoms with Gasteiger partial charge in [0, 0.05) is 0 Å². The van der Waals surface area contributed by atoms with E-state index in [4.69, 9.17) is 5.11 Å². The van der Waals surface area contributed by atoms with Gasteiger partial charge in [0.1, 0.15) is 0 Å². The quantitative estimate of drug-likeness (QED) is 0.678. The molecule has 0 aromatic heterocycles. The van der Waals surface area contributed by atoms with Gasteiger partial charge in [-0.25, -0.2) is 0 Å². The highest BCUT2D eigenvalue weighted by Gasteiger charge is 2.05. The van der Waals surface area contributed by atoms with Gasteiger partial charge >= 0.3 is 0 Å². The Morgan fingerprint density at radius 3 is 2.93 bits per heavy atom. The highest BCUT2D eigenvalue weighted by molar-refractivity contribution is 5.44. The summed E-state index contributed by atoms with van der Waals surface area (Å²) in [5.74, 6) is 0.413. The summed E-state index contributed by atoms with van der Waals surface area (Å²) in [6.07, 6.45) is 5.38. The molecule has 1 atom stereocenters. The average molecular weight is 200 g/mol. The van der Waals surface area contributed by atoms with Crippen molar-refractivity contribution in [3.8, 4) is 0 Å². The van der Waals surface area contributed by atoms with Crippen LogP contribution in [0.1, 0.15) is 18.9 Å². The normalized spacial score (nSPS) is 19.9. The Hall–Kier alpha value is -1.34. The lowest BCUT2D eigenvalue weighted by Gasteiger charge is -2.05. The molecule has 1 aromatic rings. The fraction of sp³-hybridized carbons (Fsp3) is 0.286. The summed E-state index contributed by atoms with van der Waals surface area (Å²) in [6.45, 7) is 6.34. The minimum atomic E-state index is 0.108. The molecular formula is C14H16O. The molecule has 1 aromatic carbocycles. The van der Waals surface area contributed by atoms with Crippen LogP contribution in [0.2, 0.25) is 0 Å². The minimum Gasteiger partial charge on any atom is -0.392 e. The third kappa shape index (κ3) is 2.02. The molecule has 2 rings (SSSR count). The van der Waals surface area contributed by atoms with E-state index in [1.807, 2.05) is 6.07 Å². The molecule has 0 heterocycles. The van der Waals surface area contributed by atoms with Crippen LogP contribution in [0.5, 0.6) is 0 Å². The SMILES string of the molecule is C=C1CC=c2ccc(CO)cc2=CC1C. The molecule has 1 aliphatic rings. The molecular weight excluding hydrogens is 184 g/mol. The Kier molecular flexibility index (Phi) is 2.74. The third-order valence-electron chi connectivity index (χ3n) is 2.99. The van der Waals surface area contributed by atoms with Crippen molar-refractivity contribution in [1.82, 2.24) is 0 Å². The van der Waals surface area contributed by atoms with Gasteiger partial charge in [-0.05, 0) is 34.4 Å². The number of allylic oxidation sites excluding steroid dienone is 1. The van der Waals surface area contributed by atoms with Gasteiger partial charge in [-0.3, -0.25) is 0 Å². The van der Waals surface area contributed by atoms with Crippen LogP contribution in [0.15, 0.2) is 30.4 Å². The Morgan fingerprint density at radius 1 is 1.40 bits per heavy atom. The van der Waals surface area contributed by atoms with Crippen LogP contribution < -0.4 is 10.4 Å². The van der Waals surface area contributed by atoms with Gasteiger partial charge in [-0.1, -0.05) is 43.4 Å². The van der Waals surface area contributed by atoms with Crippen LogP contribution >= 0.6 is 0 Å². The predicted molar refractivity (Wildman–Crippen MR) is 63.5 cm³/mol. The smallest absolute Gasteiger partial charge is 0.0682 e. The van der Waals surface area contributed by atoms with Gasteiger partial charge in [0.25, 0.3) is 0 Å². The second kappa shape index (κ2) is 4.03. The Bertz CT molecular complexity index is 497. The molecule has 78 valence electrons. The summed E-state index contributed by atoms with van der Waals surface area (Å²) in [7, 11) is 0. The van der Waals surface area contributed by atoms with E-state index in [9.17, 15) is 0 Å². The minimum absolute atomic E-state index is 0.108. The molecule has 0 saturated carbocycles. The first kappa shape index (κ1) is 10.2. The summed E-state index contributed by atoms with van der Waals surface area (Å²) < 4.78 is 0. The number of hydrogen-bond donors (Lipinski definition) is 1. The Morgan fingerprint density at radius 2 is 2.20 bits per heavy atom. The van der Waals surface area contributed by atoms with E-state index >= 15 is 0 Å². The largest absolute Gasteiger partial charge is 0.392 e. The van der Waals surface area contributed by atoms with Gasteiger partial charge in [-0.2, -0.15) is 0 Å². The number of fused-ring (bicyclic) bond motifs is 1. The number of aliphatic hydroxyl groups is 1. The molecule has 0 amide bonds. The highest BCUT2D eigenvalue weighted by atomic mass is 16.3. The summed E-state index contributed by atoms with van der Waals surface area (Å²) in [5, 5.41) is 11.5. The van der Waals surface area contributed by atoms with E-state index in [0.29, 0.717) is 5.92 Å². The van der Waals surface area contributed by atoms with Gasteiger partial charge in [0.2, 0.25) is 0 Å². The zero-order chi connectivity index (χ0) is 10.8. The summed E-state index contributed by atoms with van der Waals surface area (Å²) >= 11 is 0. The number of rotatable bonds is 1. The number of hydrogen-bond acceptors (Lipinski definition) is 1. The monoisotopic (exact) mass is 200 g/mol. The lowest BCUT2D eigenvalue weighted by molar-refractivity contribution is 0.281. The van der Waals surface area contributed by atoms with Crippen LogP contribution in [0, 0.1) is 5.92 Å². The van der Waals surface area contributed by atoms with Crippen LogP contribution in [-0.2, 0) is 6.61 Å². The molecule has 1 heteroatoms. The van der Waals surface area contributed by atoms with Gasteiger partial charge < -0.3 is 5.11 Å². The van der Waals surface area contributed by atoms with E-state index in [2.05, 4.69) is 37.8 Å². The maximum atomic E-state index is 9.09. The van der Waals surface area contributed by atoms with E-state index in [0.717, 1.165) is 12.0 Å². The van der Waals surface area contributed by atoms with Crippen molar-refractivity contribution in [1.29, 1.82) is 0 Å². The highest BCUT2D eigenvalue weighted by Crippen LogP contribution is 2.15. The van der Waals surface area contributed by atoms with E-state index < -0.39 is 0 Å². The standard InChI is InChI=1S/C14H16O/c1-10-3-5-13-6-4-12(9-15)8-14(13)7-11(10)2/h4-8,11,15H,1,3,9H2,2H3. The lowest BCUT2D eigenvalue weighted by Crippen LogP contribution is -2.24. The first-order valence-corrected chi connectivity index (χ1v) is 5.30. The summed E-state index contributed by atoms with van der Waals surface area (Å²) in [5.41, 5.74) is 2.22. The van der Waals surface area contributed by atoms with Gasteiger partial charge in [-0.15, -0.1) is 0 Å². The zero-order valence-electron chi connectivity index (χ0n) is 9.03. The second-order valence-corrected chi connectivity index (χ2v) is 4.14. The van der Waals surface area contributed by atoms with Crippen molar-refractivity contribution in [3.63, 3.8) is 0 Å². The molecule has 0 aliphatic heterocycles. The van der Waals surface area contributed by atoms with Crippen LogP contribution in [0.3, 0.4) is 0 Å². The Labute approximate surface area is 90.1 Å². The lowest BCUT2D eigenvalue weighted by atomic mass is 10.0. The fourth-order valence-corrected chi connectivity index (χ4v) is 1.87. The molecule has 0 bridgehead atoms. The maximum absolute atomic E-state index is 9.09. The predicted octanol–water partition coefficient (Wildman–Crippen LogP) is 1.34. The average Bonchev–Trinajstić information content (AvgIpc) is 2.39. The molecule has 0 radical (unpaired) electrons. The summed E-state index contributed by atoms with van der Waals surface area (Å²) in [6, 6.07) is 6.10. The van der Waals surface area contributed by atoms with Gasteiger partial charge in [0.05, 0.1) is 6.61 Å². The summed E-state index contributed by atoms with van der Waals surface area (Å²) in [4.78, 5) is 0. The number of benzene rings is 1. The van der Waals surface area contributed by atoms with Crippen molar-refractivity contribution in [2.75, 3.05) is 0 Å². The first-order chi connectivity index (χ1) is 7.20. The van der Waals surface area contributed by atoms with Crippen molar-refractivity contribution >= 4 is 12.2 Å². The maximum Gasteiger partial charge on any atom is 0.0682 e. The van der Waals surface area contributed by atoms with Crippen LogP contribution in [0.4, 0.5) is 0 Å². The first-order valence-electron chi connectivity index (χ1n) is 5.30. The van der Waals surface area contributed by atoms with Crippen molar-refractivity contribution in [2.24, 2.45) is 5.92 Å². The molecule has 15 heavy (non-hydrogen) atoms. The molecule has 0 saturated heterocycles. The van der Waals surface area contributed by atoms with E-state index in [1.165, 1.54) is 16.0 Å². The van der Waals surface area contributed by atoms with E-state index in [-0.39, 0.29) is 6.61 Å². The third-order valence-corrected chi connectivity index (χ3v) is 2.99. The molecule has 1 N–H and O–H groups in total. The van der Waals surface area contributed by atoms with Crippen molar-refractivity contribution in [3.05, 3.63) is 46.4 Å². The molecule has 1 nitrogen and oxygen atoms in total. The molecule has 0 spiro atoms. The van der Waals surface area contributed by atoms with Crippen molar-refractivity contribution in [2.45, 2.75) is 20.0 Å².